The fourth-order valence-corrected chi connectivity index (χ4v) is 1.80. The van der Waals surface area contributed by atoms with E-state index in [0.717, 1.165) is 11.3 Å². The topological polar surface area (TPSA) is 96.2 Å². The molecule has 0 aliphatic carbocycles. The largest absolute Gasteiger partial charge is 0.478 e. The lowest BCUT2D eigenvalue weighted by Crippen LogP contribution is -2.29. The van der Waals surface area contributed by atoms with Gasteiger partial charge in [0.25, 0.3) is 0 Å². The van der Waals surface area contributed by atoms with Crippen molar-refractivity contribution >= 4 is 17.7 Å². The molecule has 21 heavy (non-hydrogen) atoms. The molecule has 0 spiro atoms. The molecule has 2 amide bonds. The van der Waals surface area contributed by atoms with Gasteiger partial charge < -0.3 is 15.7 Å². The van der Waals surface area contributed by atoms with E-state index in [1.165, 1.54) is 12.1 Å². The third kappa shape index (κ3) is 3.59. The second kappa shape index (κ2) is 6.08. The molecule has 2 aromatic rings. The molecular formula is C14H16N4O3. The van der Waals surface area contributed by atoms with E-state index in [2.05, 4.69) is 15.7 Å². The number of nitrogens with one attached hydrogen (secondary N) is 2. The van der Waals surface area contributed by atoms with Gasteiger partial charge in [0.15, 0.2) is 0 Å². The average molecular weight is 288 g/mol. The van der Waals surface area contributed by atoms with Gasteiger partial charge in [-0.15, -0.1) is 0 Å². The first-order valence-electron chi connectivity index (χ1n) is 6.33. The van der Waals surface area contributed by atoms with Gasteiger partial charge in [0.2, 0.25) is 0 Å². The number of benzene rings is 1. The number of aromatic carboxylic acids is 1. The first kappa shape index (κ1) is 14.6. The Morgan fingerprint density at radius 3 is 2.71 bits per heavy atom. The van der Waals surface area contributed by atoms with Gasteiger partial charge >= 0.3 is 12.0 Å². The highest BCUT2D eigenvalue weighted by atomic mass is 16.4. The van der Waals surface area contributed by atoms with E-state index in [-0.39, 0.29) is 5.56 Å². The smallest absolute Gasteiger partial charge is 0.335 e. The summed E-state index contributed by atoms with van der Waals surface area (Å²) in [4.78, 5) is 22.8. The van der Waals surface area contributed by atoms with Gasteiger partial charge in [-0.25, -0.2) is 9.59 Å². The predicted octanol–water partition coefficient (Wildman–Crippen LogP) is 1.75. The Labute approximate surface area is 121 Å². The molecule has 0 radical (unpaired) electrons. The van der Waals surface area contributed by atoms with Crippen LogP contribution in [-0.4, -0.2) is 26.9 Å². The maximum absolute atomic E-state index is 11.9. The summed E-state index contributed by atoms with van der Waals surface area (Å²) in [5, 5.41) is 18.3. The maximum atomic E-state index is 11.9. The Morgan fingerprint density at radius 2 is 2.10 bits per heavy atom. The van der Waals surface area contributed by atoms with Crippen molar-refractivity contribution in [3.8, 4) is 0 Å². The fraction of sp³-hybridized carbons (Fsp3) is 0.214. The minimum atomic E-state index is -1.03. The molecule has 110 valence electrons. The molecule has 0 aliphatic rings. The molecule has 0 fully saturated rings. The van der Waals surface area contributed by atoms with Gasteiger partial charge in [0.05, 0.1) is 17.8 Å². The van der Waals surface area contributed by atoms with Crippen LogP contribution in [0.4, 0.5) is 10.5 Å². The SMILES string of the molecule is Cc1ccc(C(=O)O)cc1NC(=O)NCc1ccnn1C. The van der Waals surface area contributed by atoms with Crippen LogP contribution in [0.5, 0.6) is 0 Å². The van der Waals surface area contributed by atoms with Crippen LogP contribution in [0, 0.1) is 6.92 Å². The van der Waals surface area contributed by atoms with E-state index in [4.69, 9.17) is 5.11 Å². The van der Waals surface area contributed by atoms with Crippen LogP contribution in [0.3, 0.4) is 0 Å². The summed E-state index contributed by atoms with van der Waals surface area (Å²) in [6.07, 6.45) is 1.65. The molecule has 0 unspecified atom stereocenters. The lowest BCUT2D eigenvalue weighted by atomic mass is 10.1. The number of amides is 2. The van der Waals surface area contributed by atoms with Gasteiger partial charge in [0, 0.05) is 18.9 Å². The number of carbonyl (C=O) groups is 2. The van der Waals surface area contributed by atoms with Crippen LogP contribution in [0.15, 0.2) is 30.5 Å². The first-order chi connectivity index (χ1) is 9.97. The molecule has 7 nitrogen and oxygen atoms in total. The van der Waals surface area contributed by atoms with Crippen molar-refractivity contribution in [3.63, 3.8) is 0 Å². The number of aromatic nitrogens is 2. The summed E-state index contributed by atoms with van der Waals surface area (Å²) >= 11 is 0. The Morgan fingerprint density at radius 1 is 1.33 bits per heavy atom. The Balaban J connectivity index is 2.01. The molecule has 1 heterocycles. The van der Waals surface area contributed by atoms with Crippen LogP contribution in [0.1, 0.15) is 21.6 Å². The van der Waals surface area contributed by atoms with Gasteiger partial charge in [0.1, 0.15) is 0 Å². The monoisotopic (exact) mass is 288 g/mol. The molecule has 0 aliphatic heterocycles. The first-order valence-corrected chi connectivity index (χ1v) is 6.33. The minimum absolute atomic E-state index is 0.127. The van der Waals surface area contributed by atoms with Crippen molar-refractivity contribution in [2.24, 2.45) is 7.05 Å². The number of hydrogen-bond donors (Lipinski definition) is 3. The number of anilines is 1. The number of hydrogen-bond acceptors (Lipinski definition) is 3. The zero-order valence-corrected chi connectivity index (χ0v) is 11.8. The van der Waals surface area contributed by atoms with Crippen LogP contribution in [0.2, 0.25) is 0 Å². The molecule has 3 N–H and O–H groups in total. The quantitative estimate of drug-likeness (QED) is 0.798. The third-order valence-corrected chi connectivity index (χ3v) is 3.09. The number of carboxylic acid groups (broad SMARTS) is 1. The number of rotatable bonds is 4. The third-order valence-electron chi connectivity index (χ3n) is 3.09. The van der Waals surface area contributed by atoms with Crippen molar-refractivity contribution in [2.45, 2.75) is 13.5 Å². The van der Waals surface area contributed by atoms with E-state index in [9.17, 15) is 9.59 Å². The average Bonchev–Trinajstić information content (AvgIpc) is 2.84. The molecule has 0 saturated heterocycles. The number of carbonyl (C=O) groups excluding carboxylic acids is 1. The second-order valence-electron chi connectivity index (χ2n) is 4.59. The molecule has 1 aromatic heterocycles. The summed E-state index contributed by atoms with van der Waals surface area (Å²) in [5.74, 6) is -1.03. The van der Waals surface area contributed by atoms with Crippen molar-refractivity contribution in [1.82, 2.24) is 15.1 Å². The highest BCUT2D eigenvalue weighted by Crippen LogP contribution is 2.16. The van der Waals surface area contributed by atoms with Gasteiger partial charge in [-0.3, -0.25) is 4.68 Å². The lowest BCUT2D eigenvalue weighted by molar-refractivity contribution is 0.0697. The van der Waals surface area contributed by atoms with Gasteiger partial charge in [-0.1, -0.05) is 6.07 Å². The summed E-state index contributed by atoms with van der Waals surface area (Å²) in [7, 11) is 1.79. The molecule has 0 bridgehead atoms. The van der Waals surface area contributed by atoms with E-state index in [1.807, 2.05) is 0 Å². The fourth-order valence-electron chi connectivity index (χ4n) is 1.80. The number of nitrogens with zero attached hydrogens (tertiary/aromatic N) is 2. The number of carboxylic acids is 1. The van der Waals surface area contributed by atoms with Crippen molar-refractivity contribution in [2.75, 3.05) is 5.32 Å². The van der Waals surface area contributed by atoms with Crippen molar-refractivity contribution in [1.29, 1.82) is 0 Å². The summed E-state index contributed by atoms with van der Waals surface area (Å²) in [5.41, 5.74) is 2.25. The van der Waals surface area contributed by atoms with Gasteiger partial charge in [-0.05, 0) is 30.7 Å². The Bertz CT molecular complexity index is 679. The van der Waals surface area contributed by atoms with Crippen LogP contribution in [-0.2, 0) is 13.6 Å². The minimum Gasteiger partial charge on any atom is -0.478 e. The van der Waals surface area contributed by atoms with Crippen LogP contribution >= 0.6 is 0 Å². The summed E-state index contributed by atoms with van der Waals surface area (Å²) in [6, 6.07) is 5.98. The highest BCUT2D eigenvalue weighted by Gasteiger charge is 2.09. The standard InChI is InChI=1S/C14H16N4O3/c1-9-3-4-10(13(19)20)7-12(9)17-14(21)15-8-11-5-6-16-18(11)2/h3-7H,8H2,1-2H3,(H,19,20)(H2,15,17,21). The van der Waals surface area contributed by atoms with Crippen molar-refractivity contribution < 1.29 is 14.7 Å². The summed E-state index contributed by atoms with van der Waals surface area (Å²) in [6.45, 7) is 2.13. The molecule has 0 atom stereocenters. The maximum Gasteiger partial charge on any atom is 0.335 e. The van der Waals surface area contributed by atoms with Crippen molar-refractivity contribution in [3.05, 3.63) is 47.3 Å². The Hall–Kier alpha value is -2.83. The van der Waals surface area contributed by atoms with E-state index >= 15 is 0 Å². The zero-order valence-electron chi connectivity index (χ0n) is 11.8. The second-order valence-corrected chi connectivity index (χ2v) is 4.59. The van der Waals surface area contributed by atoms with Crippen LogP contribution < -0.4 is 10.6 Å². The number of aryl methyl sites for hydroxylation is 2. The van der Waals surface area contributed by atoms with E-state index < -0.39 is 12.0 Å². The molecular weight excluding hydrogens is 272 g/mol. The summed E-state index contributed by atoms with van der Waals surface area (Å²) < 4.78 is 1.66. The number of urea groups is 1. The molecule has 7 heteroatoms. The van der Waals surface area contributed by atoms with Crippen LogP contribution in [0.25, 0.3) is 0 Å². The predicted molar refractivity (Wildman–Crippen MR) is 77.2 cm³/mol. The van der Waals surface area contributed by atoms with Gasteiger partial charge in [-0.2, -0.15) is 5.10 Å². The highest BCUT2D eigenvalue weighted by molar-refractivity contribution is 5.93. The molecule has 1 aromatic carbocycles. The van der Waals surface area contributed by atoms with E-state index in [0.29, 0.717) is 12.2 Å². The molecule has 0 saturated carbocycles. The normalized spacial score (nSPS) is 10.2. The Kier molecular flexibility index (Phi) is 4.22. The zero-order chi connectivity index (χ0) is 15.4. The lowest BCUT2D eigenvalue weighted by Gasteiger charge is -2.10. The van der Waals surface area contributed by atoms with E-state index in [1.54, 1.807) is 37.0 Å². The molecule has 2 rings (SSSR count).